The molecule has 166 valence electrons. The number of sulfonamides is 2. The van der Waals surface area contributed by atoms with Gasteiger partial charge in [0.15, 0.2) is 4.90 Å². The summed E-state index contributed by atoms with van der Waals surface area (Å²) in [5.41, 5.74) is -0.707. The van der Waals surface area contributed by atoms with Crippen molar-refractivity contribution in [1.82, 2.24) is 9.03 Å². The number of para-hydroxylation sites is 1. The van der Waals surface area contributed by atoms with E-state index in [1.54, 1.807) is 0 Å². The molecule has 1 heterocycles. The average Bonchev–Trinajstić information content (AvgIpc) is 2.74. The second kappa shape index (κ2) is 8.70. The fourth-order valence-electron chi connectivity index (χ4n) is 3.27. The number of aromatic carboxylic acids is 1. The maximum Gasteiger partial charge on any atom is 0.335 e. The topological polar surface area (TPSA) is 164 Å². The molecule has 3 rings (SSSR count). The summed E-state index contributed by atoms with van der Waals surface area (Å²) in [6.45, 7) is 0.00735. The van der Waals surface area contributed by atoms with Crippen molar-refractivity contribution in [2.24, 2.45) is 0 Å². The fraction of sp³-hybridized carbons (Fsp3) is 0.278. The summed E-state index contributed by atoms with van der Waals surface area (Å²) < 4.78 is 54.4. The maximum absolute atomic E-state index is 12.8. The van der Waals surface area contributed by atoms with E-state index in [1.165, 1.54) is 30.3 Å². The van der Waals surface area contributed by atoms with E-state index in [-0.39, 0.29) is 36.4 Å². The number of nitro groups is 1. The zero-order valence-electron chi connectivity index (χ0n) is 16.0. The second-order valence-corrected chi connectivity index (χ2v) is 10.5. The van der Waals surface area contributed by atoms with Gasteiger partial charge in [0.05, 0.1) is 15.4 Å². The first-order valence-corrected chi connectivity index (χ1v) is 12.0. The van der Waals surface area contributed by atoms with E-state index < -0.39 is 47.6 Å². The molecule has 2 aromatic rings. The van der Waals surface area contributed by atoms with Crippen LogP contribution in [-0.4, -0.2) is 56.3 Å². The summed E-state index contributed by atoms with van der Waals surface area (Å²) in [5.74, 6) is -1.25. The molecule has 0 bridgehead atoms. The highest BCUT2D eigenvalue weighted by Crippen LogP contribution is 2.26. The van der Waals surface area contributed by atoms with Crippen LogP contribution in [-0.2, 0) is 20.0 Å². The SMILES string of the molecule is O=C(O)c1cccc(S(=O)(=O)N2CCC(NS(=O)(=O)c3ccccc3[N+](=O)[O-])CC2)c1. The van der Waals surface area contributed by atoms with Crippen molar-refractivity contribution in [3.63, 3.8) is 0 Å². The van der Waals surface area contributed by atoms with Gasteiger partial charge in [-0.15, -0.1) is 0 Å². The number of carboxylic acid groups (broad SMARTS) is 1. The molecule has 0 aromatic heterocycles. The van der Waals surface area contributed by atoms with Crippen LogP contribution < -0.4 is 4.72 Å². The fourth-order valence-corrected chi connectivity index (χ4v) is 6.26. The Labute approximate surface area is 178 Å². The van der Waals surface area contributed by atoms with E-state index in [0.29, 0.717) is 0 Å². The van der Waals surface area contributed by atoms with Gasteiger partial charge in [0.2, 0.25) is 20.0 Å². The smallest absolute Gasteiger partial charge is 0.335 e. The van der Waals surface area contributed by atoms with Crippen molar-refractivity contribution in [3.05, 3.63) is 64.2 Å². The summed E-state index contributed by atoms with van der Waals surface area (Å²) in [7, 11) is -8.13. The normalized spacial score (nSPS) is 16.1. The number of nitrogens with zero attached hydrogens (tertiary/aromatic N) is 2. The molecule has 2 aromatic carbocycles. The molecule has 0 saturated carbocycles. The van der Waals surface area contributed by atoms with Crippen LogP contribution in [0.25, 0.3) is 0 Å². The molecule has 0 atom stereocenters. The van der Waals surface area contributed by atoms with Crippen LogP contribution in [0.2, 0.25) is 0 Å². The number of nitro benzene ring substituents is 1. The molecule has 1 fully saturated rings. The summed E-state index contributed by atoms with van der Waals surface area (Å²) in [6, 6.07) is 9.34. The number of carboxylic acids is 1. The largest absolute Gasteiger partial charge is 0.478 e. The van der Waals surface area contributed by atoms with Crippen molar-refractivity contribution in [2.45, 2.75) is 28.7 Å². The van der Waals surface area contributed by atoms with E-state index in [2.05, 4.69) is 4.72 Å². The second-order valence-electron chi connectivity index (χ2n) is 6.86. The number of hydrogen-bond acceptors (Lipinski definition) is 7. The van der Waals surface area contributed by atoms with Crippen LogP contribution in [0.15, 0.2) is 58.3 Å². The first kappa shape index (κ1) is 22.8. The highest BCUT2D eigenvalue weighted by atomic mass is 32.2. The third-order valence-electron chi connectivity index (χ3n) is 4.85. The molecule has 0 unspecified atom stereocenters. The number of rotatable bonds is 7. The quantitative estimate of drug-likeness (QED) is 0.454. The lowest BCUT2D eigenvalue weighted by molar-refractivity contribution is -0.387. The molecule has 0 radical (unpaired) electrons. The molecule has 2 N–H and O–H groups in total. The van der Waals surface area contributed by atoms with Gasteiger partial charge >= 0.3 is 5.97 Å². The standard InChI is InChI=1S/C18H19N3O8S2/c22-18(23)13-4-3-5-15(12-13)31(28,29)20-10-8-14(9-11-20)19-30(26,27)17-7-2-1-6-16(17)21(24)25/h1-7,12,14,19H,8-11H2,(H,22,23). The van der Waals surface area contributed by atoms with Gasteiger partial charge < -0.3 is 5.11 Å². The van der Waals surface area contributed by atoms with E-state index in [4.69, 9.17) is 5.11 Å². The molecule has 31 heavy (non-hydrogen) atoms. The molecule has 0 amide bonds. The monoisotopic (exact) mass is 469 g/mol. The van der Waals surface area contributed by atoms with Gasteiger partial charge in [0.25, 0.3) is 5.69 Å². The van der Waals surface area contributed by atoms with Gasteiger partial charge in [-0.3, -0.25) is 10.1 Å². The van der Waals surface area contributed by atoms with Crippen LogP contribution in [0.4, 0.5) is 5.69 Å². The van der Waals surface area contributed by atoms with E-state index in [9.17, 15) is 31.7 Å². The van der Waals surface area contributed by atoms with E-state index in [1.807, 2.05) is 0 Å². The van der Waals surface area contributed by atoms with Crippen molar-refractivity contribution in [3.8, 4) is 0 Å². The number of piperidine rings is 1. The molecule has 1 saturated heterocycles. The van der Waals surface area contributed by atoms with Crippen LogP contribution in [0.1, 0.15) is 23.2 Å². The number of nitrogens with one attached hydrogen (secondary N) is 1. The Morgan fingerprint density at radius 2 is 1.71 bits per heavy atom. The Balaban J connectivity index is 1.72. The zero-order chi connectivity index (χ0) is 22.8. The van der Waals surface area contributed by atoms with Crippen LogP contribution in [0, 0.1) is 10.1 Å². The summed E-state index contributed by atoms with van der Waals surface area (Å²) in [5, 5.41) is 20.2. The summed E-state index contributed by atoms with van der Waals surface area (Å²) >= 11 is 0. The van der Waals surface area contributed by atoms with Crippen LogP contribution in [0.3, 0.4) is 0 Å². The zero-order valence-corrected chi connectivity index (χ0v) is 17.7. The number of benzene rings is 2. The Morgan fingerprint density at radius 3 is 2.32 bits per heavy atom. The third-order valence-corrected chi connectivity index (χ3v) is 8.31. The molecule has 0 aliphatic carbocycles. The minimum atomic E-state index is -4.18. The molecule has 13 heteroatoms. The van der Waals surface area contributed by atoms with Crippen molar-refractivity contribution in [1.29, 1.82) is 0 Å². The number of carbonyl (C=O) groups is 1. The molecule has 1 aliphatic rings. The average molecular weight is 469 g/mol. The molecule has 0 spiro atoms. The molecule has 1 aliphatic heterocycles. The first-order valence-electron chi connectivity index (χ1n) is 9.11. The third kappa shape index (κ3) is 4.90. The van der Waals surface area contributed by atoms with Gasteiger partial charge in [0.1, 0.15) is 0 Å². The predicted octanol–water partition coefficient (Wildman–Crippen LogP) is 1.42. The minimum Gasteiger partial charge on any atom is -0.478 e. The summed E-state index contributed by atoms with van der Waals surface area (Å²) in [6.07, 6.45) is 0.301. The lowest BCUT2D eigenvalue weighted by atomic mass is 10.1. The summed E-state index contributed by atoms with van der Waals surface area (Å²) in [4.78, 5) is 20.8. The van der Waals surface area contributed by atoms with Crippen LogP contribution in [0.5, 0.6) is 0 Å². The first-order chi connectivity index (χ1) is 14.5. The number of hydrogen-bond donors (Lipinski definition) is 2. The maximum atomic E-state index is 12.8. The minimum absolute atomic E-state index is 0.00367. The Bertz CT molecular complexity index is 1220. The molecule has 11 nitrogen and oxygen atoms in total. The van der Waals surface area contributed by atoms with Gasteiger partial charge in [0, 0.05) is 25.2 Å². The Hall–Kier alpha value is -2.87. The highest BCUT2D eigenvalue weighted by molar-refractivity contribution is 7.89. The van der Waals surface area contributed by atoms with Crippen molar-refractivity contribution in [2.75, 3.05) is 13.1 Å². The Kier molecular flexibility index (Phi) is 6.40. The van der Waals surface area contributed by atoms with Crippen LogP contribution >= 0.6 is 0 Å². The van der Waals surface area contributed by atoms with Gasteiger partial charge in [-0.1, -0.05) is 18.2 Å². The highest BCUT2D eigenvalue weighted by Gasteiger charge is 2.33. The molecular formula is C18H19N3O8S2. The Morgan fingerprint density at radius 1 is 1.06 bits per heavy atom. The lowest BCUT2D eigenvalue weighted by Crippen LogP contribution is -2.46. The van der Waals surface area contributed by atoms with E-state index >= 15 is 0 Å². The van der Waals surface area contributed by atoms with E-state index in [0.717, 1.165) is 22.5 Å². The predicted molar refractivity (Wildman–Crippen MR) is 109 cm³/mol. The lowest BCUT2D eigenvalue weighted by Gasteiger charge is -2.31. The van der Waals surface area contributed by atoms with Crippen molar-refractivity contribution >= 4 is 31.7 Å². The molecular weight excluding hydrogens is 450 g/mol. The van der Waals surface area contributed by atoms with Gasteiger partial charge in [-0.2, -0.15) is 4.31 Å². The van der Waals surface area contributed by atoms with Gasteiger partial charge in [-0.25, -0.2) is 26.4 Å². The van der Waals surface area contributed by atoms with Crippen molar-refractivity contribution < 1.29 is 31.7 Å². The van der Waals surface area contributed by atoms with Gasteiger partial charge in [-0.05, 0) is 37.1 Å².